The number of aromatic hydroxyl groups is 4. The summed E-state index contributed by atoms with van der Waals surface area (Å²) >= 11 is 0. The first-order valence-corrected chi connectivity index (χ1v) is 35.3. The van der Waals surface area contributed by atoms with E-state index < -0.39 is 6.09 Å². The lowest BCUT2D eigenvalue weighted by Crippen LogP contribution is -2.37. The highest BCUT2D eigenvalue weighted by Crippen LogP contribution is 2.32. The van der Waals surface area contributed by atoms with Gasteiger partial charge in [-0.2, -0.15) is 0 Å². The number of nitrogens with two attached hydrogens (primary N) is 2. The maximum absolute atomic E-state index is 13.7. The van der Waals surface area contributed by atoms with E-state index in [0.29, 0.717) is 167 Å². The van der Waals surface area contributed by atoms with Crippen molar-refractivity contribution in [3.05, 3.63) is 214 Å². The Morgan fingerprint density at radius 1 is 0.376 bits per heavy atom. The fourth-order valence-corrected chi connectivity index (χ4v) is 10.9. The Labute approximate surface area is 607 Å². The summed E-state index contributed by atoms with van der Waals surface area (Å²) in [5.74, 6) is 0.619. The fourth-order valence-electron chi connectivity index (χ4n) is 10.9. The lowest BCUT2D eigenvalue weighted by atomic mass is 10.0. The quantitative estimate of drug-likeness (QED) is 0.0127. The molecule has 0 aromatic heterocycles. The molecular formula is C80H107BrN8O12. The summed E-state index contributed by atoms with van der Waals surface area (Å²) in [5.41, 5.74) is 20.7. The van der Waals surface area contributed by atoms with Gasteiger partial charge in [0.1, 0.15) is 19.8 Å². The third-order valence-corrected chi connectivity index (χ3v) is 17.0. The lowest BCUT2D eigenvalue weighted by molar-refractivity contribution is -0.132. The summed E-state index contributed by atoms with van der Waals surface area (Å²) in [6.45, 7) is 12.1. The number of benzene rings is 7. The third-order valence-electron chi connectivity index (χ3n) is 17.0. The van der Waals surface area contributed by atoms with Crippen LogP contribution in [0.25, 0.3) is 0 Å². The molecule has 0 saturated carbocycles. The molecule has 7 aromatic rings. The van der Waals surface area contributed by atoms with Gasteiger partial charge in [-0.25, -0.2) is 4.79 Å². The number of unbranched alkanes of at least 4 members (excludes halogenated alkanes) is 2. The van der Waals surface area contributed by atoms with Crippen LogP contribution in [-0.4, -0.2) is 143 Å². The van der Waals surface area contributed by atoms with Crippen LogP contribution in [0.3, 0.4) is 0 Å². The van der Waals surface area contributed by atoms with E-state index in [0.717, 1.165) is 77.7 Å². The molecular weight excluding hydrogens is 1340 g/mol. The molecule has 0 fully saturated rings. The second-order valence-corrected chi connectivity index (χ2v) is 25.0. The van der Waals surface area contributed by atoms with Gasteiger partial charge in [0.15, 0.2) is 34.5 Å². The lowest BCUT2D eigenvalue weighted by Gasteiger charge is -2.25. The van der Waals surface area contributed by atoms with E-state index in [1.54, 1.807) is 17.0 Å². The highest BCUT2D eigenvalue weighted by Gasteiger charge is 2.20. The van der Waals surface area contributed by atoms with Crippen LogP contribution in [0, 0.1) is 13.8 Å². The van der Waals surface area contributed by atoms with E-state index in [9.17, 15) is 44.4 Å². The summed E-state index contributed by atoms with van der Waals surface area (Å²) in [6, 6.07) is 51.0. The number of aryl methyl sites for hydroxylation is 6. The zero-order chi connectivity index (χ0) is 71.5. The van der Waals surface area contributed by atoms with Crippen LogP contribution in [0.5, 0.6) is 34.5 Å². The second-order valence-electron chi connectivity index (χ2n) is 25.0. The SMILES string of the molecule is Br.Cc1ccc(CCC(=O)NCCCN(CCCCN(CCCN)C(=O)CCc2ccc(OCc3ccccc3)c(OCc3ccccc3)c2)C(=O)OCc2ccccc2)cc1C.NCCCN(CCCCNCCCNC(=O)CCc1ccc(O)c(O)c1)C(=O)CCc1ccc(O)c(O)c1. The van der Waals surface area contributed by atoms with Crippen molar-refractivity contribution < 1.29 is 58.6 Å². The minimum Gasteiger partial charge on any atom is -0.504 e. The number of phenolic OH excluding ortho intramolecular Hbond substituents is 4. The van der Waals surface area contributed by atoms with Crippen molar-refractivity contribution in [2.45, 2.75) is 136 Å². The first-order chi connectivity index (χ1) is 48.6. The molecule has 0 saturated heterocycles. The monoisotopic (exact) mass is 1450 g/mol. The van der Waals surface area contributed by atoms with E-state index in [-0.39, 0.29) is 70.2 Å². The standard InChI is InChI=1S/C52H64N4O6.C28H42N4O6.BrH/c1-41-22-23-43(36-42(41)2)25-28-50(57)54-31-15-35-56(52(59)62-40-47-20-10-5-11-21-47)33-13-12-32-55(34-14-30-53)51(58)29-26-44-24-27-48(60-38-45-16-6-3-7-17-45)49(37-44)61-39-46-18-8-4-9-19-46;29-13-3-18-32(28(38)12-8-22-6-10-24(34)26(36)20-22)17-2-1-14-30-15-4-16-31-27(37)11-7-21-5-9-23(33)25(35)19-21;/h3-11,16-24,27,36-37H,12-15,25-26,28-35,38-40,53H2,1-2H3,(H,54,57);5-6,9-10,19-20,30,33-36H,1-4,7-8,11-18,29H2,(H,31,37);1H. The van der Waals surface area contributed by atoms with Crippen molar-refractivity contribution in [3.63, 3.8) is 0 Å². The Hall–Kier alpha value is -9.15. The molecule has 0 radical (unpaired) electrons. The summed E-state index contributed by atoms with van der Waals surface area (Å²) in [7, 11) is 0. The number of phenols is 4. The van der Waals surface area contributed by atoms with Gasteiger partial charge in [-0.05, 0) is 204 Å². The van der Waals surface area contributed by atoms with Crippen molar-refractivity contribution in [1.82, 2.24) is 30.7 Å². The fraction of sp³-hybridized carbons (Fsp3) is 0.412. The normalized spacial score (nSPS) is 10.7. The van der Waals surface area contributed by atoms with Crippen LogP contribution in [0.15, 0.2) is 164 Å². The van der Waals surface area contributed by atoms with Gasteiger partial charge in [-0.3, -0.25) is 19.2 Å². The van der Waals surface area contributed by atoms with Crippen molar-refractivity contribution in [2.75, 3.05) is 78.5 Å². The van der Waals surface area contributed by atoms with Gasteiger partial charge < -0.3 is 76.8 Å². The number of nitrogens with zero attached hydrogens (tertiary/aromatic N) is 3. The Kier molecular flexibility index (Phi) is 39.1. The van der Waals surface area contributed by atoms with E-state index in [1.807, 2.05) is 119 Å². The topological polar surface area (TPSA) is 292 Å². The molecule has 7 rings (SSSR count). The minimum atomic E-state index is -0.394. The average Bonchev–Trinajstić information content (AvgIpc) is 0.877. The first kappa shape index (κ1) is 82.5. The molecule has 0 bridgehead atoms. The first-order valence-electron chi connectivity index (χ1n) is 35.3. The van der Waals surface area contributed by atoms with Crippen molar-refractivity contribution in [3.8, 4) is 34.5 Å². The highest BCUT2D eigenvalue weighted by molar-refractivity contribution is 8.93. The zero-order valence-electron chi connectivity index (χ0n) is 59.0. The smallest absolute Gasteiger partial charge is 0.410 e. The third kappa shape index (κ3) is 32.8. The Morgan fingerprint density at radius 3 is 1.29 bits per heavy atom. The van der Waals surface area contributed by atoms with Crippen LogP contribution in [0.1, 0.15) is 127 Å². The van der Waals surface area contributed by atoms with Gasteiger partial charge >= 0.3 is 6.09 Å². The molecule has 0 aliphatic carbocycles. The van der Waals surface area contributed by atoms with E-state index in [4.69, 9.17) is 25.7 Å². The molecule has 5 amide bonds. The van der Waals surface area contributed by atoms with Gasteiger partial charge in [0.2, 0.25) is 23.6 Å². The molecule has 0 aliphatic heterocycles. The maximum Gasteiger partial charge on any atom is 0.410 e. The predicted octanol–water partition coefficient (Wildman–Crippen LogP) is 11.8. The number of halogens is 1. The molecule has 0 atom stereocenters. The van der Waals surface area contributed by atoms with Gasteiger partial charge in [-0.1, -0.05) is 127 Å². The van der Waals surface area contributed by atoms with Crippen LogP contribution >= 0.6 is 17.0 Å². The number of rotatable bonds is 44. The molecule has 21 heteroatoms. The molecule has 0 aliphatic rings. The molecule has 7 aromatic carbocycles. The molecule has 101 heavy (non-hydrogen) atoms. The number of amides is 5. The average molecular weight is 1450 g/mol. The summed E-state index contributed by atoms with van der Waals surface area (Å²) in [4.78, 5) is 69.8. The van der Waals surface area contributed by atoms with Crippen molar-refractivity contribution in [1.29, 1.82) is 0 Å². The second kappa shape index (κ2) is 47.8. The van der Waals surface area contributed by atoms with Gasteiger partial charge in [0.25, 0.3) is 0 Å². The van der Waals surface area contributed by atoms with E-state index in [2.05, 4.69) is 48.0 Å². The number of ether oxygens (including phenoxy) is 3. The number of nitrogens with one attached hydrogen (secondary N) is 3. The molecule has 11 N–H and O–H groups in total. The predicted molar refractivity (Wildman–Crippen MR) is 402 cm³/mol. The van der Waals surface area contributed by atoms with Crippen LogP contribution in [-0.2, 0) is 69.4 Å². The van der Waals surface area contributed by atoms with Gasteiger partial charge in [0.05, 0.1) is 0 Å². The van der Waals surface area contributed by atoms with Crippen LogP contribution in [0.4, 0.5) is 4.79 Å². The zero-order valence-corrected chi connectivity index (χ0v) is 60.7. The highest BCUT2D eigenvalue weighted by atomic mass is 79.9. The van der Waals surface area contributed by atoms with Crippen molar-refractivity contribution >= 4 is 46.7 Å². The molecule has 0 spiro atoms. The number of carbonyl (C=O) groups is 5. The van der Waals surface area contributed by atoms with Gasteiger partial charge in [-0.15, -0.1) is 17.0 Å². The van der Waals surface area contributed by atoms with Crippen LogP contribution < -0.4 is 36.9 Å². The summed E-state index contributed by atoms with van der Waals surface area (Å²) < 4.78 is 18.2. The minimum absolute atomic E-state index is 0. The summed E-state index contributed by atoms with van der Waals surface area (Å²) in [6.07, 6.45) is 9.21. The Bertz CT molecular complexity index is 3550. The molecule has 546 valence electrons. The number of carbonyl (C=O) groups excluding carboxylic acids is 5. The molecule has 0 unspecified atom stereocenters. The number of hydrogen-bond donors (Lipinski definition) is 9. The van der Waals surface area contributed by atoms with Crippen molar-refractivity contribution in [2.24, 2.45) is 11.5 Å². The van der Waals surface area contributed by atoms with E-state index >= 15 is 0 Å². The van der Waals surface area contributed by atoms with E-state index in [1.165, 1.54) is 35.4 Å². The molecule has 20 nitrogen and oxygen atoms in total. The summed E-state index contributed by atoms with van der Waals surface area (Å²) in [5, 5.41) is 47.2. The van der Waals surface area contributed by atoms with Gasteiger partial charge in [0, 0.05) is 78.0 Å². The largest absolute Gasteiger partial charge is 0.504 e. The Morgan fingerprint density at radius 2 is 0.782 bits per heavy atom. The maximum atomic E-state index is 13.7. The number of hydrogen-bond acceptors (Lipinski definition) is 15. The Balaban J connectivity index is 0.000000404. The van der Waals surface area contributed by atoms with Crippen LogP contribution in [0.2, 0.25) is 0 Å². The molecule has 0 heterocycles.